The first kappa shape index (κ1) is 16.7. The van der Waals surface area contributed by atoms with E-state index in [1.807, 2.05) is 7.05 Å². The van der Waals surface area contributed by atoms with Crippen molar-refractivity contribution in [2.75, 3.05) is 47.4 Å². The molecule has 1 heterocycles. The van der Waals surface area contributed by atoms with E-state index in [9.17, 15) is 4.79 Å². The molecular weight excluding hydrogens is 266 g/mol. The number of esters is 1. The summed E-state index contributed by atoms with van der Waals surface area (Å²) in [6, 6.07) is 0.604. The molecule has 3 unspecified atom stereocenters. The van der Waals surface area contributed by atoms with Gasteiger partial charge in [-0.1, -0.05) is 6.42 Å². The molecule has 21 heavy (non-hydrogen) atoms. The molecule has 0 aromatic rings. The van der Waals surface area contributed by atoms with Gasteiger partial charge < -0.3 is 15.0 Å². The van der Waals surface area contributed by atoms with Gasteiger partial charge in [0.2, 0.25) is 0 Å². The first-order chi connectivity index (χ1) is 10.0. The number of nitrogens with zero attached hydrogens (tertiary/aromatic N) is 2. The van der Waals surface area contributed by atoms with Crippen LogP contribution >= 0.6 is 0 Å². The van der Waals surface area contributed by atoms with Crippen molar-refractivity contribution in [3.05, 3.63) is 0 Å². The van der Waals surface area contributed by atoms with Gasteiger partial charge in [0.15, 0.2) is 0 Å². The first-order valence-corrected chi connectivity index (χ1v) is 8.23. The molecule has 122 valence electrons. The highest BCUT2D eigenvalue weighted by Gasteiger charge is 2.48. The molecule has 2 fully saturated rings. The van der Waals surface area contributed by atoms with Crippen LogP contribution in [-0.4, -0.2) is 74.7 Å². The monoisotopic (exact) mass is 297 g/mol. The minimum Gasteiger partial charge on any atom is -0.468 e. The van der Waals surface area contributed by atoms with E-state index in [4.69, 9.17) is 4.74 Å². The Hall–Kier alpha value is -0.650. The van der Waals surface area contributed by atoms with Crippen LogP contribution in [-0.2, 0) is 9.53 Å². The van der Waals surface area contributed by atoms with Gasteiger partial charge in [-0.15, -0.1) is 0 Å². The van der Waals surface area contributed by atoms with Gasteiger partial charge in [-0.3, -0.25) is 9.69 Å². The Kier molecular flexibility index (Phi) is 5.63. The molecule has 1 aliphatic carbocycles. The van der Waals surface area contributed by atoms with Crippen LogP contribution in [0.25, 0.3) is 0 Å². The molecule has 1 aliphatic heterocycles. The summed E-state index contributed by atoms with van der Waals surface area (Å²) >= 11 is 0. The Morgan fingerprint density at radius 2 is 2.19 bits per heavy atom. The van der Waals surface area contributed by atoms with Crippen molar-refractivity contribution in [3.63, 3.8) is 0 Å². The number of likely N-dealkylation sites (N-methyl/N-ethyl adjacent to an activating group) is 2. The third-order valence-electron chi connectivity index (χ3n) is 5.55. The average Bonchev–Trinajstić information content (AvgIpc) is 2.89. The van der Waals surface area contributed by atoms with Gasteiger partial charge in [0.25, 0.3) is 0 Å². The summed E-state index contributed by atoms with van der Waals surface area (Å²) < 4.78 is 5.06. The second kappa shape index (κ2) is 7.07. The molecule has 0 bridgehead atoms. The summed E-state index contributed by atoms with van der Waals surface area (Å²) in [5.74, 6) is 0.306. The molecule has 2 aliphatic rings. The lowest BCUT2D eigenvalue weighted by Crippen LogP contribution is -2.55. The number of ether oxygens (including phenoxy) is 1. The molecule has 0 amide bonds. The molecule has 0 spiro atoms. The minimum absolute atomic E-state index is 0.0843. The maximum atomic E-state index is 12.2. The SMILES string of the molecule is CNC1(C(=O)OC)CCCC1CCN1CCN(C)CC1C. The fourth-order valence-corrected chi connectivity index (χ4v) is 4.18. The molecule has 0 aromatic carbocycles. The van der Waals surface area contributed by atoms with E-state index in [1.54, 1.807) is 0 Å². The van der Waals surface area contributed by atoms with Crippen molar-refractivity contribution in [2.24, 2.45) is 5.92 Å². The van der Waals surface area contributed by atoms with Crippen molar-refractivity contribution >= 4 is 5.97 Å². The van der Waals surface area contributed by atoms with Crippen LogP contribution in [0.2, 0.25) is 0 Å². The lowest BCUT2D eigenvalue weighted by Gasteiger charge is -2.40. The van der Waals surface area contributed by atoms with E-state index < -0.39 is 5.54 Å². The topological polar surface area (TPSA) is 44.8 Å². The predicted molar refractivity (Wildman–Crippen MR) is 84.3 cm³/mol. The molecule has 0 radical (unpaired) electrons. The molecule has 1 saturated heterocycles. The number of carbonyl (C=O) groups is 1. The van der Waals surface area contributed by atoms with Gasteiger partial charge >= 0.3 is 5.97 Å². The molecular formula is C16H31N3O2. The molecule has 5 heteroatoms. The van der Waals surface area contributed by atoms with E-state index >= 15 is 0 Å². The predicted octanol–water partition coefficient (Wildman–Crippen LogP) is 0.944. The smallest absolute Gasteiger partial charge is 0.326 e. The number of rotatable bonds is 5. The quantitative estimate of drug-likeness (QED) is 0.765. The van der Waals surface area contributed by atoms with Crippen LogP contribution in [0.1, 0.15) is 32.6 Å². The van der Waals surface area contributed by atoms with E-state index in [0.717, 1.165) is 51.9 Å². The Bertz CT molecular complexity index is 363. The summed E-state index contributed by atoms with van der Waals surface area (Å²) in [7, 11) is 5.58. The second-order valence-corrected chi connectivity index (χ2v) is 6.74. The van der Waals surface area contributed by atoms with Gasteiger partial charge in [-0.25, -0.2) is 0 Å². The van der Waals surface area contributed by atoms with Crippen LogP contribution < -0.4 is 5.32 Å². The van der Waals surface area contributed by atoms with Crippen LogP contribution in [0, 0.1) is 5.92 Å². The second-order valence-electron chi connectivity index (χ2n) is 6.74. The number of piperazine rings is 1. The molecule has 1 saturated carbocycles. The zero-order chi connectivity index (χ0) is 15.5. The summed E-state index contributed by atoms with van der Waals surface area (Å²) in [4.78, 5) is 17.2. The Balaban J connectivity index is 1.94. The van der Waals surface area contributed by atoms with Crippen molar-refractivity contribution in [2.45, 2.75) is 44.2 Å². The maximum Gasteiger partial charge on any atom is 0.326 e. The zero-order valence-electron chi connectivity index (χ0n) is 14.0. The highest BCUT2D eigenvalue weighted by atomic mass is 16.5. The van der Waals surface area contributed by atoms with Gasteiger partial charge in [0, 0.05) is 25.7 Å². The van der Waals surface area contributed by atoms with E-state index in [0.29, 0.717) is 12.0 Å². The number of nitrogens with one attached hydrogen (secondary N) is 1. The van der Waals surface area contributed by atoms with Crippen molar-refractivity contribution in [1.82, 2.24) is 15.1 Å². The largest absolute Gasteiger partial charge is 0.468 e. The van der Waals surface area contributed by atoms with Crippen LogP contribution in [0.4, 0.5) is 0 Å². The average molecular weight is 297 g/mol. The Morgan fingerprint density at radius 1 is 1.43 bits per heavy atom. The van der Waals surface area contributed by atoms with Crippen LogP contribution in [0.5, 0.6) is 0 Å². The Morgan fingerprint density at radius 3 is 2.81 bits per heavy atom. The van der Waals surface area contributed by atoms with E-state index in [2.05, 4.69) is 29.1 Å². The van der Waals surface area contributed by atoms with Gasteiger partial charge in [-0.2, -0.15) is 0 Å². The van der Waals surface area contributed by atoms with E-state index in [-0.39, 0.29) is 5.97 Å². The number of hydrogen-bond donors (Lipinski definition) is 1. The highest BCUT2D eigenvalue weighted by molar-refractivity contribution is 5.81. The maximum absolute atomic E-state index is 12.2. The zero-order valence-corrected chi connectivity index (χ0v) is 14.0. The Labute approximate surface area is 129 Å². The summed E-state index contributed by atoms with van der Waals surface area (Å²) in [5.41, 5.74) is -0.454. The molecule has 3 atom stereocenters. The number of carbonyl (C=O) groups excluding carboxylic acids is 1. The van der Waals surface area contributed by atoms with Crippen LogP contribution in [0.3, 0.4) is 0 Å². The van der Waals surface area contributed by atoms with Crippen molar-refractivity contribution in [1.29, 1.82) is 0 Å². The molecule has 5 nitrogen and oxygen atoms in total. The summed E-state index contributed by atoms with van der Waals surface area (Å²) in [6.07, 6.45) is 4.21. The van der Waals surface area contributed by atoms with E-state index in [1.165, 1.54) is 7.11 Å². The fraction of sp³-hybridized carbons (Fsp3) is 0.938. The van der Waals surface area contributed by atoms with Gasteiger partial charge in [-0.05, 0) is 52.7 Å². The third-order valence-corrected chi connectivity index (χ3v) is 5.55. The molecule has 0 aromatic heterocycles. The molecule has 2 rings (SSSR count). The van der Waals surface area contributed by atoms with Gasteiger partial charge in [0.05, 0.1) is 7.11 Å². The normalized spacial score (nSPS) is 35.0. The fourth-order valence-electron chi connectivity index (χ4n) is 4.18. The first-order valence-electron chi connectivity index (χ1n) is 8.23. The minimum atomic E-state index is -0.454. The number of hydrogen-bond acceptors (Lipinski definition) is 5. The molecule has 1 N–H and O–H groups in total. The van der Waals surface area contributed by atoms with Gasteiger partial charge in [0.1, 0.15) is 5.54 Å². The standard InChI is InChI=1S/C16H31N3O2/c1-13-12-18(3)10-11-19(13)9-7-14-6-5-8-16(14,17-2)15(20)21-4/h13-14,17H,5-12H2,1-4H3. The van der Waals surface area contributed by atoms with Crippen LogP contribution in [0.15, 0.2) is 0 Å². The highest BCUT2D eigenvalue weighted by Crippen LogP contribution is 2.38. The van der Waals surface area contributed by atoms with Crippen molar-refractivity contribution in [3.8, 4) is 0 Å². The summed E-state index contributed by atoms with van der Waals surface area (Å²) in [5, 5.41) is 3.28. The summed E-state index contributed by atoms with van der Waals surface area (Å²) in [6.45, 7) is 6.80. The third kappa shape index (κ3) is 3.41. The lowest BCUT2D eigenvalue weighted by molar-refractivity contribution is -0.150. The lowest BCUT2D eigenvalue weighted by atomic mass is 9.84. The van der Waals surface area contributed by atoms with Crippen molar-refractivity contribution < 1.29 is 9.53 Å². The number of methoxy groups -OCH3 is 1.